The Morgan fingerprint density at radius 3 is 1.91 bits per heavy atom. The third kappa shape index (κ3) is 5.67. The second-order valence-corrected chi connectivity index (χ2v) is 8.59. The Balaban J connectivity index is 0.000000189. The molecule has 4 aromatic rings. The van der Waals surface area contributed by atoms with Crippen LogP contribution >= 0.6 is 39.0 Å². The maximum atomic E-state index is 13.3. The van der Waals surface area contributed by atoms with E-state index >= 15 is 0 Å². The van der Waals surface area contributed by atoms with Crippen molar-refractivity contribution >= 4 is 60.4 Å². The molecule has 4 rings (SSSR count). The fourth-order valence-corrected chi connectivity index (χ4v) is 4.25. The number of nitrogens with zero attached hydrogens (tertiary/aromatic N) is 2. The zero-order valence-electron chi connectivity index (χ0n) is 16.3. The van der Waals surface area contributed by atoms with Crippen LogP contribution in [0.2, 0.25) is 0 Å². The summed E-state index contributed by atoms with van der Waals surface area (Å²) in [5.41, 5.74) is 0.380. The lowest BCUT2D eigenvalue weighted by atomic mass is 10.3. The van der Waals surface area contributed by atoms with Gasteiger partial charge in [0.2, 0.25) is 0 Å². The molecule has 5 N–H and O–H groups in total. The van der Waals surface area contributed by atoms with Crippen molar-refractivity contribution in [3.8, 4) is 17.9 Å². The maximum absolute atomic E-state index is 13.3. The highest BCUT2D eigenvalue weighted by Gasteiger charge is 2.13. The molecule has 0 spiro atoms. The molecule has 0 saturated carbocycles. The molecule has 0 aliphatic rings. The summed E-state index contributed by atoms with van der Waals surface area (Å²) in [6.45, 7) is 0. The van der Waals surface area contributed by atoms with Crippen LogP contribution in [0.1, 0.15) is 11.1 Å². The van der Waals surface area contributed by atoms with Gasteiger partial charge < -0.3 is 15.7 Å². The van der Waals surface area contributed by atoms with Crippen molar-refractivity contribution in [2.45, 2.75) is 0 Å². The average molecular weight is 547 g/mol. The van der Waals surface area contributed by atoms with Crippen molar-refractivity contribution in [3.63, 3.8) is 0 Å². The van der Waals surface area contributed by atoms with Crippen molar-refractivity contribution in [2.75, 3.05) is 10.6 Å². The van der Waals surface area contributed by atoms with Crippen LogP contribution < -0.4 is 21.8 Å². The second-order valence-electron chi connectivity index (χ2n) is 6.10. The highest BCUT2D eigenvalue weighted by molar-refractivity contribution is 9.10. The molecule has 2 aromatic heterocycles. The van der Waals surface area contributed by atoms with Crippen LogP contribution in [-0.4, -0.2) is 13.9 Å². The number of nitriles is 2. The lowest BCUT2D eigenvalue weighted by Crippen LogP contribution is -2.02. The molecular weight excluding hydrogens is 535 g/mol. The summed E-state index contributed by atoms with van der Waals surface area (Å²) < 4.78 is 18.4. The number of phenols is 1. The Bertz CT molecular complexity index is 1460. The first-order valence-corrected chi connectivity index (χ1v) is 11.3. The first-order valence-electron chi connectivity index (χ1n) is 8.84. The van der Waals surface area contributed by atoms with E-state index in [0.717, 1.165) is 34.8 Å². The molecule has 0 amide bonds. The van der Waals surface area contributed by atoms with Gasteiger partial charge in [0.05, 0.1) is 4.47 Å². The largest absolute Gasteiger partial charge is 0.504 e. The SMILES string of the molecule is N#Cc1c(Nc2cc(F)c(O)c(Br)c2)s[nH]c1=O.N#Cc1c(Nc2ccccc2)s[nH]c1=O. The number of aromatic hydroxyl groups is 1. The molecule has 13 heteroatoms. The average Bonchev–Trinajstić information content (AvgIpc) is 3.34. The standard InChI is InChI=1S/C10H5BrFN3O2S.C10H7N3OS/c11-6-1-4(2-7(12)8(6)16)14-10-5(3-13)9(17)15-18-10;11-6-8-9(14)13-15-10(8)12-7-4-2-1-3-5-7/h1-2,14,16H,(H,15,17);1-5,12H,(H,13,14). The lowest BCUT2D eigenvalue weighted by molar-refractivity contribution is 0.429. The Hall–Kier alpha value is -3.91. The van der Waals surface area contributed by atoms with Crippen molar-refractivity contribution in [2.24, 2.45) is 0 Å². The van der Waals surface area contributed by atoms with Crippen LogP contribution in [-0.2, 0) is 0 Å². The van der Waals surface area contributed by atoms with Gasteiger partial charge >= 0.3 is 0 Å². The fourth-order valence-electron chi connectivity index (χ4n) is 2.41. The van der Waals surface area contributed by atoms with Crippen LogP contribution in [0.25, 0.3) is 0 Å². The quantitative estimate of drug-likeness (QED) is 0.232. The third-order valence-corrected chi connectivity index (χ3v) is 6.13. The van der Waals surface area contributed by atoms with Gasteiger partial charge in [0.15, 0.2) is 22.7 Å². The summed E-state index contributed by atoms with van der Waals surface area (Å²) in [5, 5.41) is 33.4. The van der Waals surface area contributed by atoms with E-state index in [1.54, 1.807) is 6.07 Å². The van der Waals surface area contributed by atoms with Gasteiger partial charge in [-0.3, -0.25) is 18.3 Å². The number of hydrogen-bond donors (Lipinski definition) is 5. The summed E-state index contributed by atoms with van der Waals surface area (Å²) in [6.07, 6.45) is 0. The van der Waals surface area contributed by atoms with E-state index in [0.29, 0.717) is 15.7 Å². The van der Waals surface area contributed by atoms with E-state index in [-0.39, 0.29) is 21.2 Å². The summed E-state index contributed by atoms with van der Waals surface area (Å²) in [7, 11) is 0. The highest BCUT2D eigenvalue weighted by atomic mass is 79.9. The Kier molecular flexibility index (Phi) is 7.63. The van der Waals surface area contributed by atoms with E-state index in [1.807, 2.05) is 36.4 Å². The smallest absolute Gasteiger partial charge is 0.278 e. The predicted molar refractivity (Wildman–Crippen MR) is 128 cm³/mol. The number of hydrogen-bond acceptors (Lipinski definition) is 9. The molecule has 0 saturated heterocycles. The molecule has 9 nitrogen and oxygen atoms in total. The molecule has 166 valence electrons. The Labute approximate surface area is 201 Å². The van der Waals surface area contributed by atoms with E-state index < -0.39 is 17.1 Å². The van der Waals surface area contributed by atoms with E-state index in [9.17, 15) is 19.1 Å². The van der Waals surface area contributed by atoms with Crippen molar-refractivity contribution in [1.82, 2.24) is 8.75 Å². The Morgan fingerprint density at radius 2 is 1.42 bits per heavy atom. The van der Waals surface area contributed by atoms with Crippen molar-refractivity contribution in [3.05, 3.63) is 84.6 Å². The molecular formula is C20H12BrFN6O3S2. The van der Waals surface area contributed by atoms with Gasteiger partial charge in [0.1, 0.15) is 22.1 Å². The van der Waals surface area contributed by atoms with Crippen molar-refractivity contribution < 1.29 is 9.50 Å². The van der Waals surface area contributed by atoms with Crippen LogP contribution in [0, 0.1) is 28.5 Å². The first kappa shape index (κ1) is 23.7. The molecule has 0 radical (unpaired) electrons. The number of phenolic OH excluding ortho intramolecular Hbond substituents is 1. The number of H-pyrrole nitrogens is 2. The number of para-hydroxylation sites is 1. The molecule has 2 aromatic carbocycles. The van der Waals surface area contributed by atoms with E-state index in [2.05, 4.69) is 35.3 Å². The Morgan fingerprint density at radius 1 is 0.909 bits per heavy atom. The fraction of sp³-hybridized carbons (Fsp3) is 0. The number of aromatic nitrogens is 2. The maximum Gasteiger partial charge on any atom is 0.278 e. The topological polar surface area (TPSA) is 158 Å². The molecule has 0 bridgehead atoms. The summed E-state index contributed by atoms with van der Waals surface area (Å²) in [6, 6.07) is 15.5. The molecule has 2 heterocycles. The minimum atomic E-state index is -0.812. The first-order chi connectivity index (χ1) is 15.8. The zero-order chi connectivity index (χ0) is 24.0. The predicted octanol–water partition coefficient (Wildman–Crippen LogP) is 4.71. The van der Waals surface area contributed by atoms with Gasteiger partial charge in [-0.1, -0.05) is 18.2 Å². The van der Waals surface area contributed by atoms with Gasteiger partial charge in [-0.25, -0.2) is 4.39 Å². The molecule has 0 unspecified atom stereocenters. The second kappa shape index (κ2) is 10.6. The summed E-state index contributed by atoms with van der Waals surface area (Å²) in [5.74, 6) is -1.31. The lowest BCUT2D eigenvalue weighted by Gasteiger charge is -2.06. The minimum Gasteiger partial charge on any atom is -0.504 e. The third-order valence-electron chi connectivity index (χ3n) is 3.93. The normalized spacial score (nSPS) is 9.82. The van der Waals surface area contributed by atoms with Gasteiger partial charge in [0.25, 0.3) is 11.1 Å². The number of halogens is 2. The number of aromatic amines is 2. The molecule has 0 fully saturated rings. The van der Waals surface area contributed by atoms with Crippen LogP contribution in [0.3, 0.4) is 0 Å². The molecule has 33 heavy (non-hydrogen) atoms. The van der Waals surface area contributed by atoms with Crippen LogP contribution in [0.4, 0.5) is 25.8 Å². The van der Waals surface area contributed by atoms with E-state index in [1.165, 1.54) is 6.07 Å². The van der Waals surface area contributed by atoms with Crippen molar-refractivity contribution in [1.29, 1.82) is 10.5 Å². The number of nitrogens with one attached hydrogen (secondary N) is 4. The van der Waals surface area contributed by atoms with Gasteiger partial charge in [0, 0.05) is 17.4 Å². The molecule has 0 aliphatic carbocycles. The summed E-state index contributed by atoms with van der Waals surface area (Å²) in [4.78, 5) is 22.4. The van der Waals surface area contributed by atoms with Gasteiger partial charge in [-0.15, -0.1) is 0 Å². The van der Waals surface area contributed by atoms with E-state index in [4.69, 9.17) is 10.5 Å². The highest BCUT2D eigenvalue weighted by Crippen LogP contribution is 2.32. The van der Waals surface area contributed by atoms with Gasteiger partial charge in [-0.05, 0) is 57.2 Å². The van der Waals surface area contributed by atoms with Crippen LogP contribution in [0.5, 0.6) is 5.75 Å². The summed E-state index contributed by atoms with van der Waals surface area (Å²) >= 11 is 5.05. The molecule has 0 atom stereocenters. The number of anilines is 4. The number of benzene rings is 2. The zero-order valence-corrected chi connectivity index (χ0v) is 19.5. The monoisotopic (exact) mass is 546 g/mol. The van der Waals surface area contributed by atoms with Gasteiger partial charge in [-0.2, -0.15) is 10.5 Å². The molecule has 0 aliphatic heterocycles. The number of rotatable bonds is 4. The van der Waals surface area contributed by atoms with Crippen LogP contribution in [0.15, 0.2) is 56.5 Å². The minimum absolute atomic E-state index is 0.0652.